The van der Waals surface area contributed by atoms with Crippen molar-refractivity contribution in [3.05, 3.63) is 0 Å². The first kappa shape index (κ1) is 9.95. The number of carbonyl (C=O) groups is 1. The molecule has 0 saturated carbocycles. The first-order valence-electron chi connectivity index (χ1n) is 3.49. The normalized spacial score (nSPS) is 12.7. The van der Waals surface area contributed by atoms with E-state index in [1.807, 2.05) is 0 Å². The summed E-state index contributed by atoms with van der Waals surface area (Å²) in [5.74, 6) is -0.173. The molecule has 0 aromatic heterocycles. The Hall–Kier alpha value is -0.0500. The quantitative estimate of drug-likeness (QED) is 0.402. The van der Waals surface area contributed by atoms with Crippen LogP contribution in [0.4, 0.5) is 0 Å². The maximum absolute atomic E-state index is 10.7. The van der Waals surface area contributed by atoms with Gasteiger partial charge < -0.3 is 4.74 Å². The summed E-state index contributed by atoms with van der Waals surface area (Å²) < 4.78 is 4.86. The van der Waals surface area contributed by atoms with Gasteiger partial charge in [0.2, 0.25) is 0 Å². The fraction of sp³-hybridized carbons (Fsp3) is 0.857. The molecule has 2 nitrogen and oxygen atoms in total. The number of carbonyl (C=O) groups excluding carboxylic acids is 1. The van der Waals surface area contributed by atoms with Crippen LogP contribution in [0.1, 0.15) is 26.7 Å². The molecule has 0 N–H and O–H groups in total. The topological polar surface area (TPSA) is 26.3 Å². The summed E-state index contributed by atoms with van der Waals surface area (Å²) in [6.45, 7) is 4.37. The summed E-state index contributed by atoms with van der Waals surface area (Å²) in [5, 5.41) is 0. The second-order valence-electron chi connectivity index (χ2n) is 2.14. The third-order valence-electron chi connectivity index (χ3n) is 1.07. The molecule has 0 spiro atoms. The van der Waals surface area contributed by atoms with Gasteiger partial charge >= 0.3 is 5.97 Å². The first-order valence-corrected chi connectivity index (χ1v) is 4.40. The Kier molecular flexibility index (Phi) is 5.69. The SMILES string of the molecule is CCCCOC(=O)[C@@H](C)Br. The Balaban J connectivity index is 3.22. The van der Waals surface area contributed by atoms with Crippen molar-refractivity contribution in [1.29, 1.82) is 0 Å². The van der Waals surface area contributed by atoms with Crippen LogP contribution >= 0.6 is 15.9 Å². The highest BCUT2D eigenvalue weighted by Gasteiger charge is 2.08. The number of rotatable bonds is 4. The van der Waals surface area contributed by atoms with Gasteiger partial charge in [-0.25, -0.2) is 0 Å². The summed E-state index contributed by atoms with van der Waals surface area (Å²) in [6, 6.07) is 0. The molecule has 1 atom stereocenters. The van der Waals surface area contributed by atoms with E-state index in [9.17, 15) is 4.79 Å². The third kappa shape index (κ3) is 4.79. The van der Waals surface area contributed by atoms with Crippen LogP contribution in [0.5, 0.6) is 0 Å². The van der Waals surface area contributed by atoms with Gasteiger partial charge in [0.15, 0.2) is 0 Å². The molecule has 0 rings (SSSR count). The average Bonchev–Trinajstić information content (AvgIpc) is 1.88. The predicted octanol–water partition coefficient (Wildman–Crippen LogP) is 2.11. The molecular weight excluding hydrogens is 196 g/mol. The van der Waals surface area contributed by atoms with E-state index in [4.69, 9.17) is 4.74 Å². The van der Waals surface area contributed by atoms with Crippen molar-refractivity contribution in [2.24, 2.45) is 0 Å². The van der Waals surface area contributed by atoms with Crippen LogP contribution in [0.25, 0.3) is 0 Å². The van der Waals surface area contributed by atoms with Crippen molar-refractivity contribution >= 4 is 21.9 Å². The van der Waals surface area contributed by atoms with Crippen molar-refractivity contribution in [3.8, 4) is 0 Å². The van der Waals surface area contributed by atoms with Gasteiger partial charge in [0.25, 0.3) is 0 Å². The van der Waals surface area contributed by atoms with Gasteiger partial charge in [-0.15, -0.1) is 0 Å². The van der Waals surface area contributed by atoms with Gasteiger partial charge in [0.1, 0.15) is 4.83 Å². The molecule has 0 heterocycles. The van der Waals surface area contributed by atoms with E-state index in [1.165, 1.54) is 0 Å². The largest absolute Gasteiger partial charge is 0.465 e. The fourth-order valence-electron chi connectivity index (χ4n) is 0.432. The van der Waals surface area contributed by atoms with E-state index in [-0.39, 0.29) is 10.8 Å². The van der Waals surface area contributed by atoms with Crippen molar-refractivity contribution in [2.45, 2.75) is 31.5 Å². The second-order valence-corrected chi connectivity index (χ2v) is 3.51. The van der Waals surface area contributed by atoms with Gasteiger partial charge in [-0.1, -0.05) is 29.3 Å². The van der Waals surface area contributed by atoms with E-state index >= 15 is 0 Å². The number of halogens is 1. The van der Waals surface area contributed by atoms with E-state index in [2.05, 4.69) is 22.9 Å². The lowest BCUT2D eigenvalue weighted by Crippen LogP contribution is -2.14. The van der Waals surface area contributed by atoms with E-state index < -0.39 is 0 Å². The molecule has 0 aromatic carbocycles. The maximum Gasteiger partial charge on any atom is 0.319 e. The van der Waals surface area contributed by atoms with Crippen molar-refractivity contribution < 1.29 is 9.53 Å². The summed E-state index contributed by atoms with van der Waals surface area (Å²) in [7, 11) is 0. The smallest absolute Gasteiger partial charge is 0.319 e. The number of ether oxygens (including phenoxy) is 1. The van der Waals surface area contributed by atoms with Crippen LogP contribution in [0.15, 0.2) is 0 Å². The molecule has 3 heteroatoms. The molecule has 0 bridgehead atoms. The van der Waals surface area contributed by atoms with E-state index in [1.54, 1.807) is 6.92 Å². The van der Waals surface area contributed by atoms with Crippen LogP contribution < -0.4 is 0 Å². The van der Waals surface area contributed by atoms with Gasteiger partial charge in [0.05, 0.1) is 6.61 Å². The van der Waals surface area contributed by atoms with Crippen LogP contribution in [0.3, 0.4) is 0 Å². The van der Waals surface area contributed by atoms with Crippen molar-refractivity contribution in [3.63, 3.8) is 0 Å². The molecule has 0 radical (unpaired) electrons. The van der Waals surface area contributed by atoms with Gasteiger partial charge in [0, 0.05) is 0 Å². The number of hydrogen-bond donors (Lipinski definition) is 0. The standard InChI is InChI=1S/C7H13BrO2/c1-3-4-5-10-7(9)6(2)8/h6H,3-5H2,1-2H3/t6-/m1/s1. The molecule has 10 heavy (non-hydrogen) atoms. The zero-order valence-corrected chi connectivity index (χ0v) is 7.98. The Bertz CT molecular complexity index is 102. The monoisotopic (exact) mass is 208 g/mol. The van der Waals surface area contributed by atoms with Crippen LogP contribution in [0, 0.1) is 0 Å². The number of alkyl halides is 1. The Morgan fingerprint density at radius 3 is 2.70 bits per heavy atom. The van der Waals surface area contributed by atoms with E-state index in [0.29, 0.717) is 6.61 Å². The highest BCUT2D eigenvalue weighted by Crippen LogP contribution is 2.00. The van der Waals surface area contributed by atoms with Crippen LogP contribution in [-0.2, 0) is 9.53 Å². The van der Waals surface area contributed by atoms with Crippen LogP contribution in [0.2, 0.25) is 0 Å². The van der Waals surface area contributed by atoms with Gasteiger partial charge in [-0.3, -0.25) is 4.79 Å². The molecule has 0 fully saturated rings. The molecule has 0 amide bonds. The first-order chi connectivity index (χ1) is 4.68. The van der Waals surface area contributed by atoms with Crippen LogP contribution in [-0.4, -0.2) is 17.4 Å². The molecule has 0 aromatic rings. The zero-order chi connectivity index (χ0) is 7.98. The van der Waals surface area contributed by atoms with E-state index in [0.717, 1.165) is 12.8 Å². The molecule has 0 saturated heterocycles. The number of esters is 1. The molecule has 60 valence electrons. The highest BCUT2D eigenvalue weighted by molar-refractivity contribution is 9.10. The summed E-state index contributed by atoms with van der Waals surface area (Å²) in [6.07, 6.45) is 2.01. The highest BCUT2D eigenvalue weighted by atomic mass is 79.9. The fourth-order valence-corrected chi connectivity index (χ4v) is 0.564. The number of unbranched alkanes of at least 4 members (excludes halogenated alkanes) is 1. The zero-order valence-electron chi connectivity index (χ0n) is 6.39. The third-order valence-corrected chi connectivity index (χ3v) is 1.44. The lowest BCUT2D eigenvalue weighted by Gasteiger charge is -2.03. The molecule has 0 aliphatic carbocycles. The summed E-state index contributed by atoms with van der Waals surface area (Å²) in [4.78, 5) is 10.6. The minimum atomic E-state index is -0.177. The second kappa shape index (κ2) is 5.71. The molecule has 0 aliphatic rings. The molecule has 0 aliphatic heterocycles. The minimum Gasteiger partial charge on any atom is -0.465 e. The lowest BCUT2D eigenvalue weighted by atomic mass is 10.4. The Morgan fingerprint density at radius 2 is 2.30 bits per heavy atom. The van der Waals surface area contributed by atoms with Gasteiger partial charge in [-0.2, -0.15) is 0 Å². The number of hydrogen-bond acceptors (Lipinski definition) is 2. The minimum absolute atomic E-state index is 0.173. The average molecular weight is 209 g/mol. The lowest BCUT2D eigenvalue weighted by molar-refractivity contribution is -0.142. The molecular formula is C7H13BrO2. The molecule has 0 unspecified atom stereocenters. The Labute approximate surface area is 70.1 Å². The predicted molar refractivity (Wildman–Crippen MR) is 44.3 cm³/mol. The summed E-state index contributed by atoms with van der Waals surface area (Å²) in [5.41, 5.74) is 0. The Morgan fingerprint density at radius 1 is 1.70 bits per heavy atom. The van der Waals surface area contributed by atoms with Crippen molar-refractivity contribution in [2.75, 3.05) is 6.61 Å². The maximum atomic E-state index is 10.7. The summed E-state index contributed by atoms with van der Waals surface area (Å²) >= 11 is 3.12. The van der Waals surface area contributed by atoms with Gasteiger partial charge in [-0.05, 0) is 13.3 Å². The van der Waals surface area contributed by atoms with Crippen molar-refractivity contribution in [1.82, 2.24) is 0 Å².